The van der Waals surface area contributed by atoms with Gasteiger partial charge < -0.3 is 9.80 Å². The van der Waals surface area contributed by atoms with Gasteiger partial charge in [0.05, 0.1) is 31.9 Å². The van der Waals surface area contributed by atoms with Crippen molar-refractivity contribution >= 4 is 29.2 Å². The summed E-state index contributed by atoms with van der Waals surface area (Å²) in [5, 5.41) is 0. The van der Waals surface area contributed by atoms with Crippen LogP contribution in [0.2, 0.25) is 0 Å². The van der Waals surface area contributed by atoms with Gasteiger partial charge in [0.2, 0.25) is 0 Å². The van der Waals surface area contributed by atoms with Crippen LogP contribution in [0.4, 0.5) is 16.2 Å². The number of carbonyl (C=O) groups excluding carboxylic acids is 3. The Morgan fingerprint density at radius 3 is 2.11 bits per heavy atom. The van der Waals surface area contributed by atoms with Crippen LogP contribution in [0.5, 0.6) is 0 Å². The van der Waals surface area contributed by atoms with Gasteiger partial charge in [0.25, 0.3) is 0 Å². The number of para-hydroxylation sites is 1. The van der Waals surface area contributed by atoms with Crippen molar-refractivity contribution in [3.8, 4) is 0 Å². The SMILES string of the molecule is Cc1ccc(N2C(=O)C(=O)N(C[NH+]3CCN(c4ccccc4)CC3)C2=O)cc1. The summed E-state index contributed by atoms with van der Waals surface area (Å²) in [6.45, 7) is 5.41. The van der Waals surface area contributed by atoms with Crippen molar-refractivity contribution < 1.29 is 19.3 Å². The normalized spacial score (nSPS) is 18.3. The molecule has 2 aliphatic rings. The van der Waals surface area contributed by atoms with Crippen molar-refractivity contribution in [2.24, 2.45) is 0 Å². The quantitative estimate of drug-likeness (QED) is 0.626. The highest BCUT2D eigenvalue weighted by atomic mass is 16.2. The number of aryl methyl sites for hydroxylation is 1. The first-order valence-corrected chi connectivity index (χ1v) is 9.45. The van der Waals surface area contributed by atoms with Gasteiger partial charge >= 0.3 is 17.8 Å². The Hall–Kier alpha value is -3.19. The van der Waals surface area contributed by atoms with Gasteiger partial charge in [-0.3, -0.25) is 9.59 Å². The molecule has 2 aromatic rings. The maximum absolute atomic E-state index is 12.8. The minimum atomic E-state index is -0.781. The molecule has 0 aromatic heterocycles. The number of piperazine rings is 1. The molecule has 0 saturated carbocycles. The fraction of sp³-hybridized carbons (Fsp3) is 0.286. The summed E-state index contributed by atoms with van der Waals surface area (Å²) in [6.07, 6.45) is 0. The number of hydrogen-bond acceptors (Lipinski definition) is 4. The molecule has 0 radical (unpaired) electrons. The molecule has 0 atom stereocenters. The third-order valence-electron chi connectivity index (χ3n) is 5.32. The van der Waals surface area contributed by atoms with Gasteiger partial charge in [0.1, 0.15) is 0 Å². The molecule has 7 heteroatoms. The minimum Gasteiger partial charge on any atom is -0.360 e. The molecule has 0 bridgehead atoms. The molecule has 2 heterocycles. The molecule has 4 amide bonds. The first-order chi connectivity index (χ1) is 13.5. The van der Waals surface area contributed by atoms with Crippen LogP contribution >= 0.6 is 0 Å². The third-order valence-corrected chi connectivity index (χ3v) is 5.32. The van der Waals surface area contributed by atoms with Crippen LogP contribution in [0.15, 0.2) is 54.6 Å². The average molecular weight is 379 g/mol. The molecular formula is C21H23N4O3+. The van der Waals surface area contributed by atoms with E-state index in [1.54, 1.807) is 12.1 Å². The summed E-state index contributed by atoms with van der Waals surface area (Å²) >= 11 is 0. The molecule has 0 unspecified atom stereocenters. The first kappa shape index (κ1) is 18.2. The summed E-state index contributed by atoms with van der Waals surface area (Å²) in [5.41, 5.74) is 2.63. The van der Waals surface area contributed by atoms with Crippen molar-refractivity contribution in [3.05, 3.63) is 60.2 Å². The summed E-state index contributed by atoms with van der Waals surface area (Å²) < 4.78 is 0. The highest BCUT2D eigenvalue weighted by molar-refractivity contribution is 6.52. The van der Waals surface area contributed by atoms with Gasteiger partial charge in [0.15, 0.2) is 6.67 Å². The second-order valence-corrected chi connectivity index (χ2v) is 7.22. The number of rotatable bonds is 4. The number of imide groups is 2. The van der Waals surface area contributed by atoms with Gasteiger partial charge in [-0.2, -0.15) is 0 Å². The van der Waals surface area contributed by atoms with Gasteiger partial charge in [-0.1, -0.05) is 35.9 Å². The highest BCUT2D eigenvalue weighted by Crippen LogP contribution is 2.22. The van der Waals surface area contributed by atoms with Crippen LogP contribution in [0.25, 0.3) is 0 Å². The first-order valence-electron chi connectivity index (χ1n) is 9.45. The fourth-order valence-electron chi connectivity index (χ4n) is 3.67. The van der Waals surface area contributed by atoms with Crippen molar-refractivity contribution in [2.75, 3.05) is 42.6 Å². The molecule has 28 heavy (non-hydrogen) atoms. The van der Waals surface area contributed by atoms with Crippen LogP contribution in [0, 0.1) is 6.92 Å². The molecule has 0 aliphatic carbocycles. The predicted octanol–water partition coefficient (Wildman–Crippen LogP) is 0.653. The lowest BCUT2D eigenvalue weighted by molar-refractivity contribution is -0.907. The maximum atomic E-state index is 12.8. The number of anilines is 2. The Labute approximate surface area is 163 Å². The van der Waals surface area contributed by atoms with Gasteiger partial charge in [0, 0.05) is 5.69 Å². The summed E-state index contributed by atoms with van der Waals surface area (Å²) in [7, 11) is 0. The predicted molar refractivity (Wildman–Crippen MR) is 105 cm³/mol. The second kappa shape index (κ2) is 7.44. The van der Waals surface area contributed by atoms with Crippen LogP contribution < -0.4 is 14.7 Å². The van der Waals surface area contributed by atoms with Crippen molar-refractivity contribution in [1.82, 2.24) is 4.90 Å². The van der Waals surface area contributed by atoms with Gasteiger partial charge in [-0.15, -0.1) is 0 Å². The molecule has 4 rings (SSSR count). The fourth-order valence-corrected chi connectivity index (χ4v) is 3.67. The maximum Gasteiger partial charge on any atom is 0.343 e. The second-order valence-electron chi connectivity index (χ2n) is 7.22. The summed E-state index contributed by atoms with van der Waals surface area (Å²) in [5.74, 6) is -1.53. The van der Waals surface area contributed by atoms with E-state index in [4.69, 9.17) is 0 Å². The zero-order valence-corrected chi connectivity index (χ0v) is 15.8. The molecular weight excluding hydrogens is 356 g/mol. The Bertz CT molecular complexity index is 890. The lowest BCUT2D eigenvalue weighted by Crippen LogP contribution is -3.16. The Balaban J connectivity index is 1.41. The lowest BCUT2D eigenvalue weighted by Gasteiger charge is -2.34. The largest absolute Gasteiger partial charge is 0.360 e. The molecule has 144 valence electrons. The van der Waals surface area contributed by atoms with E-state index in [-0.39, 0.29) is 6.67 Å². The average Bonchev–Trinajstić information content (AvgIpc) is 2.93. The van der Waals surface area contributed by atoms with E-state index >= 15 is 0 Å². The minimum absolute atomic E-state index is 0.217. The van der Waals surface area contributed by atoms with E-state index in [2.05, 4.69) is 17.0 Å². The molecule has 0 spiro atoms. The smallest absolute Gasteiger partial charge is 0.343 e. The standard InChI is InChI=1S/C21H22N4O3/c1-16-7-9-18(10-8-16)25-20(27)19(26)24(21(25)28)15-22-11-13-23(14-12-22)17-5-3-2-4-6-17/h2-10H,11-15H2,1H3/p+1. The number of amides is 4. The molecule has 1 N–H and O–H groups in total. The van der Waals surface area contributed by atoms with Gasteiger partial charge in [-0.05, 0) is 31.2 Å². The zero-order chi connectivity index (χ0) is 19.7. The Kier molecular flexibility index (Phi) is 4.83. The number of urea groups is 1. The number of quaternary nitrogens is 1. The van der Waals surface area contributed by atoms with E-state index in [1.807, 2.05) is 37.3 Å². The highest BCUT2D eigenvalue weighted by Gasteiger charge is 2.47. The van der Waals surface area contributed by atoms with Crippen molar-refractivity contribution in [1.29, 1.82) is 0 Å². The lowest BCUT2D eigenvalue weighted by atomic mass is 10.2. The van der Waals surface area contributed by atoms with E-state index in [0.29, 0.717) is 5.69 Å². The molecule has 2 saturated heterocycles. The Morgan fingerprint density at radius 2 is 1.46 bits per heavy atom. The van der Waals surface area contributed by atoms with Crippen LogP contribution in [-0.4, -0.2) is 55.6 Å². The molecule has 2 aromatic carbocycles. The molecule has 7 nitrogen and oxygen atoms in total. The van der Waals surface area contributed by atoms with Crippen LogP contribution in [0.1, 0.15) is 5.56 Å². The topological polar surface area (TPSA) is 65.4 Å². The van der Waals surface area contributed by atoms with Crippen molar-refractivity contribution in [2.45, 2.75) is 6.92 Å². The Morgan fingerprint density at radius 1 is 0.821 bits per heavy atom. The zero-order valence-electron chi connectivity index (χ0n) is 15.8. The van der Waals surface area contributed by atoms with Crippen LogP contribution in [-0.2, 0) is 9.59 Å². The third kappa shape index (κ3) is 3.36. The molecule has 2 aliphatic heterocycles. The molecule has 2 fully saturated rings. The number of benzene rings is 2. The van der Waals surface area contributed by atoms with E-state index in [9.17, 15) is 14.4 Å². The van der Waals surface area contributed by atoms with E-state index in [1.165, 1.54) is 5.69 Å². The van der Waals surface area contributed by atoms with Gasteiger partial charge in [-0.25, -0.2) is 14.6 Å². The summed E-state index contributed by atoms with van der Waals surface area (Å²) in [4.78, 5) is 43.0. The monoisotopic (exact) mass is 379 g/mol. The van der Waals surface area contributed by atoms with Crippen LogP contribution in [0.3, 0.4) is 0 Å². The summed E-state index contributed by atoms with van der Waals surface area (Å²) in [6, 6.07) is 16.6. The number of nitrogens with zero attached hydrogens (tertiary/aromatic N) is 3. The van der Waals surface area contributed by atoms with E-state index < -0.39 is 17.8 Å². The number of nitrogens with one attached hydrogen (secondary N) is 1. The number of carbonyl (C=O) groups is 3. The van der Waals surface area contributed by atoms with E-state index in [0.717, 1.165) is 46.4 Å². The van der Waals surface area contributed by atoms with Crippen molar-refractivity contribution in [3.63, 3.8) is 0 Å². The number of hydrogen-bond donors (Lipinski definition) is 1.